The Morgan fingerprint density at radius 3 is 2.04 bits per heavy atom. The second-order valence-corrected chi connectivity index (χ2v) is 23.4. The van der Waals surface area contributed by atoms with Crippen LogP contribution in [-0.2, 0) is 32.2 Å². The minimum Gasteiger partial charge on any atom is -0.457 e. The van der Waals surface area contributed by atoms with Gasteiger partial charge in [0.15, 0.2) is 14.1 Å². The summed E-state index contributed by atoms with van der Waals surface area (Å²) in [6, 6.07) is 1.34. The second kappa shape index (κ2) is 17.4. The summed E-state index contributed by atoms with van der Waals surface area (Å²) in [5.74, 6) is -1.22. The Balaban J connectivity index is 2.82. The molecule has 2 rings (SSSR count). The van der Waals surface area contributed by atoms with Gasteiger partial charge in [-0.25, -0.2) is 4.79 Å². The normalized spacial score (nSPS) is 17.9. The van der Waals surface area contributed by atoms with E-state index in [4.69, 9.17) is 9.16 Å². The van der Waals surface area contributed by atoms with Crippen molar-refractivity contribution in [3.8, 4) is 0 Å². The maximum atomic E-state index is 14.6. The van der Waals surface area contributed by atoms with Crippen molar-refractivity contribution >= 4 is 38.3 Å². The summed E-state index contributed by atoms with van der Waals surface area (Å²) in [6.45, 7) is 23.1. The molecular formula is C36H64N3O5PSi. The lowest BCUT2D eigenvalue weighted by atomic mass is 9.80. The van der Waals surface area contributed by atoms with Crippen molar-refractivity contribution in [2.45, 2.75) is 137 Å². The molecule has 0 bridgehead atoms. The van der Waals surface area contributed by atoms with E-state index in [0.717, 1.165) is 69.1 Å². The standard InChI is InChI=1S/C36H64N3O5PSi/c1-13-18-22-45(23-19-14-2,24-20-15-3)34(35(42)43-21-16-4)39-30(26-31(40)29-25-28(17-5)38(10)37-29)32(33(39)41)27(6)44-46(11,12)36(7,8)9/h16,25,27,30,32H,4,13-15,17-24,26H2,1-3,5-12H3/t27-,30+,32+/m1/s1. The maximum absolute atomic E-state index is 14.6. The van der Waals surface area contributed by atoms with E-state index < -0.39 is 39.2 Å². The quantitative estimate of drug-likeness (QED) is 0.0346. The number of Topliss-reactive ketones (excluding diaryl/α,β-unsaturated/α-hetero) is 1. The molecule has 1 fully saturated rings. The fraction of sp³-hybridized carbons (Fsp3) is 0.750. The van der Waals surface area contributed by atoms with Gasteiger partial charge in [0, 0.05) is 19.2 Å². The molecule has 0 unspecified atom stereocenters. The van der Waals surface area contributed by atoms with Crippen LogP contribution < -0.4 is 0 Å². The molecule has 1 aliphatic rings. The number of carbonyl (C=O) groups is 3. The van der Waals surface area contributed by atoms with Crippen molar-refractivity contribution in [2.75, 3.05) is 25.1 Å². The number of nitrogens with zero attached hydrogens (tertiary/aromatic N) is 3. The monoisotopic (exact) mass is 677 g/mol. The number of esters is 1. The number of hydrogen-bond acceptors (Lipinski definition) is 6. The zero-order chi connectivity index (χ0) is 34.9. The second-order valence-electron chi connectivity index (χ2n) is 14.6. The Labute approximate surface area is 281 Å². The first-order chi connectivity index (χ1) is 21.5. The van der Waals surface area contributed by atoms with Gasteiger partial charge in [-0.15, -0.1) is 0 Å². The van der Waals surface area contributed by atoms with Crippen molar-refractivity contribution in [1.29, 1.82) is 0 Å². The van der Waals surface area contributed by atoms with E-state index in [1.165, 1.54) is 0 Å². The molecule has 0 aromatic carbocycles. The molecule has 1 amide bonds. The molecule has 46 heavy (non-hydrogen) atoms. The summed E-state index contributed by atoms with van der Waals surface area (Å²) in [5, 5.41) is 4.48. The van der Waals surface area contributed by atoms with E-state index in [0.29, 0.717) is 11.1 Å². The Kier molecular flexibility index (Phi) is 15.2. The molecule has 3 atom stereocenters. The number of unbranched alkanes of at least 4 members (excludes halogenated alkanes) is 3. The van der Waals surface area contributed by atoms with Crippen molar-refractivity contribution in [3.05, 3.63) is 30.1 Å². The molecule has 1 aromatic heterocycles. The largest absolute Gasteiger partial charge is 0.457 e. The van der Waals surface area contributed by atoms with Crippen LogP contribution in [0.2, 0.25) is 18.1 Å². The van der Waals surface area contributed by atoms with Crippen LogP contribution in [0.5, 0.6) is 0 Å². The number of aryl methyl sites for hydroxylation is 2. The summed E-state index contributed by atoms with van der Waals surface area (Å²) in [5.41, 5.74) is 1.91. The third-order valence-electron chi connectivity index (χ3n) is 10.1. The summed E-state index contributed by atoms with van der Waals surface area (Å²) < 4.78 is 14.4. The van der Waals surface area contributed by atoms with Gasteiger partial charge in [-0.2, -0.15) is 5.10 Å². The average molecular weight is 678 g/mol. The zero-order valence-electron chi connectivity index (χ0n) is 30.9. The molecule has 1 saturated heterocycles. The van der Waals surface area contributed by atoms with Crippen molar-refractivity contribution in [1.82, 2.24) is 14.7 Å². The van der Waals surface area contributed by atoms with Crippen molar-refractivity contribution < 1.29 is 23.5 Å². The first-order valence-electron chi connectivity index (χ1n) is 17.6. The molecule has 2 heterocycles. The van der Waals surface area contributed by atoms with Crippen LogP contribution in [0.15, 0.2) is 18.7 Å². The highest BCUT2D eigenvalue weighted by Crippen LogP contribution is 2.55. The van der Waals surface area contributed by atoms with E-state index in [1.54, 1.807) is 15.7 Å². The third-order valence-corrected chi connectivity index (χ3v) is 19.5. The number of rotatable bonds is 20. The van der Waals surface area contributed by atoms with Crippen molar-refractivity contribution in [3.63, 3.8) is 0 Å². The molecule has 0 N–H and O–H groups in total. The van der Waals surface area contributed by atoms with E-state index in [2.05, 4.69) is 66.3 Å². The van der Waals surface area contributed by atoms with Gasteiger partial charge in [-0.3, -0.25) is 14.3 Å². The van der Waals surface area contributed by atoms with E-state index >= 15 is 0 Å². The van der Waals surface area contributed by atoms with E-state index in [9.17, 15) is 14.4 Å². The molecular weight excluding hydrogens is 613 g/mol. The number of carbonyl (C=O) groups excluding carboxylic acids is 3. The number of β-lactam (4-membered cyclic amide) rings is 1. The van der Waals surface area contributed by atoms with Crippen LogP contribution in [0, 0.1) is 5.92 Å². The predicted octanol–water partition coefficient (Wildman–Crippen LogP) is 8.07. The average Bonchev–Trinajstić information content (AvgIpc) is 3.38. The fourth-order valence-corrected chi connectivity index (χ4v) is 13.0. The fourth-order valence-electron chi connectivity index (χ4n) is 6.30. The number of likely N-dealkylation sites (tertiary alicyclic amines) is 1. The highest BCUT2D eigenvalue weighted by Gasteiger charge is 2.56. The van der Waals surface area contributed by atoms with Gasteiger partial charge in [0.05, 0.1) is 18.1 Å². The lowest BCUT2D eigenvalue weighted by molar-refractivity contribution is -0.156. The Morgan fingerprint density at radius 1 is 1.07 bits per heavy atom. The molecule has 1 aromatic rings. The van der Waals surface area contributed by atoms with E-state index in [1.807, 2.05) is 27.0 Å². The van der Waals surface area contributed by atoms with Crippen molar-refractivity contribution in [2.24, 2.45) is 13.0 Å². The number of ether oxygens (including phenoxy) is 1. The van der Waals surface area contributed by atoms with Crippen LogP contribution in [0.3, 0.4) is 0 Å². The summed E-state index contributed by atoms with van der Waals surface area (Å²) in [7, 11) is -0.388. The molecule has 262 valence electrons. The SMILES string of the molecule is C=CCOC(=O)C(N1C(=O)[C@@H]([C@@H](C)O[Si](C)(C)C(C)(C)C)[C@@H]1CC(=O)c1cc(CC)n(C)n1)=P(CCCC)(CCCC)CCCC. The summed E-state index contributed by atoms with van der Waals surface area (Å²) >= 11 is 0. The highest BCUT2D eigenvalue weighted by molar-refractivity contribution is 7.77. The van der Waals surface area contributed by atoms with Crippen LogP contribution in [-0.4, -0.2) is 83.3 Å². The predicted molar refractivity (Wildman–Crippen MR) is 196 cm³/mol. The number of amides is 1. The minimum atomic E-state index is -2.24. The minimum absolute atomic E-state index is 0.0451. The third kappa shape index (κ3) is 9.34. The Morgan fingerprint density at radius 2 is 1.61 bits per heavy atom. The van der Waals surface area contributed by atoms with Gasteiger partial charge in [0.1, 0.15) is 17.7 Å². The summed E-state index contributed by atoms with van der Waals surface area (Å²) in [4.78, 5) is 44.5. The Hall–Kier alpha value is -1.96. The first kappa shape index (κ1) is 40.2. The van der Waals surface area contributed by atoms with Gasteiger partial charge in [-0.1, -0.05) is 87.3 Å². The van der Waals surface area contributed by atoms with Gasteiger partial charge < -0.3 is 14.1 Å². The van der Waals surface area contributed by atoms with Crippen LogP contribution in [0.4, 0.5) is 0 Å². The van der Waals surface area contributed by atoms with Gasteiger partial charge in [-0.05, 0) is 75.3 Å². The molecule has 8 nitrogen and oxygen atoms in total. The van der Waals surface area contributed by atoms with Gasteiger partial charge in [0.25, 0.3) is 0 Å². The molecule has 0 radical (unpaired) electrons. The molecule has 0 saturated carbocycles. The Bertz CT molecular complexity index is 1240. The summed E-state index contributed by atoms with van der Waals surface area (Å²) in [6.07, 6.45) is 10.6. The van der Waals surface area contributed by atoms with E-state index in [-0.39, 0.29) is 29.8 Å². The zero-order valence-corrected chi connectivity index (χ0v) is 32.8. The van der Waals surface area contributed by atoms with Gasteiger partial charge >= 0.3 is 5.97 Å². The lowest BCUT2D eigenvalue weighted by Gasteiger charge is -2.53. The number of hydrogen-bond donors (Lipinski definition) is 0. The highest BCUT2D eigenvalue weighted by atomic mass is 31.2. The molecule has 0 spiro atoms. The van der Waals surface area contributed by atoms with Crippen LogP contribution >= 0.6 is 6.89 Å². The molecule has 0 aliphatic carbocycles. The van der Waals surface area contributed by atoms with Gasteiger partial charge in [0.2, 0.25) is 5.91 Å². The maximum Gasteiger partial charge on any atom is 0.355 e. The molecule has 10 heteroatoms. The number of ketones is 1. The number of aromatic nitrogens is 2. The van der Waals surface area contributed by atoms with Crippen LogP contribution in [0.1, 0.15) is 117 Å². The van der Waals surface area contributed by atoms with Crippen LogP contribution in [0.25, 0.3) is 0 Å². The lowest BCUT2D eigenvalue weighted by Crippen LogP contribution is -2.69. The first-order valence-corrected chi connectivity index (χ1v) is 22.9. The molecule has 1 aliphatic heterocycles. The smallest absolute Gasteiger partial charge is 0.355 e. The topological polar surface area (TPSA) is 90.7 Å².